The molecule has 2 aromatic rings. The van der Waals surface area contributed by atoms with Gasteiger partial charge in [0.15, 0.2) is 0 Å². The fraction of sp³-hybridized carbons (Fsp3) is 0.576. The minimum Gasteiger partial charge on any atom is -0.368 e. The summed E-state index contributed by atoms with van der Waals surface area (Å²) in [6, 6.07) is 17.5. The van der Waals surface area contributed by atoms with Gasteiger partial charge in [-0.2, -0.15) is 0 Å². The number of halogens is 1. The number of rotatable bonds is 11. The van der Waals surface area contributed by atoms with E-state index in [-0.39, 0.29) is 23.9 Å². The number of nitrogens with zero attached hydrogens (tertiary/aromatic N) is 1. The zero-order valence-electron chi connectivity index (χ0n) is 24.4. The largest absolute Gasteiger partial charge is 0.368 e. The van der Waals surface area contributed by atoms with Gasteiger partial charge in [0.1, 0.15) is 5.82 Å². The maximum atomic E-state index is 13.9. The van der Waals surface area contributed by atoms with Crippen molar-refractivity contribution in [3.05, 3.63) is 77.6 Å². The smallest absolute Gasteiger partial charge is 0.128 e. The number of hydrogen-bond donors (Lipinski definition) is 2. The van der Waals surface area contributed by atoms with Crippen molar-refractivity contribution in [1.82, 2.24) is 5.32 Å². The average Bonchev–Trinajstić information content (AvgIpc) is 2.88. The first-order valence-corrected chi connectivity index (χ1v) is 14.5. The molecular weight excluding hydrogens is 457 g/mol. The molecule has 1 aliphatic rings. The van der Waals surface area contributed by atoms with Gasteiger partial charge >= 0.3 is 0 Å². The fourth-order valence-corrected chi connectivity index (χ4v) is 5.46. The zero-order valence-corrected chi connectivity index (χ0v) is 24.4. The number of anilines is 1. The first-order valence-electron chi connectivity index (χ1n) is 14.5. The van der Waals surface area contributed by atoms with Gasteiger partial charge in [0.2, 0.25) is 0 Å². The molecule has 0 radical (unpaired) electrons. The number of benzene rings is 2. The lowest BCUT2D eigenvalue weighted by Crippen LogP contribution is -2.51. The standard InChI is InChI=1S/C20H32FN3.C13H20/c1-6-24(17-9-7-14(4)18(21)12-17)15(5)16-8-10-20(19(22)11-16)23-13(2)3;1-3-8-12(9-4-2)13-10-6-5-7-11-13/h7-10,12-13,15-16,19-20,23H,6,11,22H2,1-5H3;5-7,10-12H,3-4,8-9H2,1-2H3. The van der Waals surface area contributed by atoms with Crippen LogP contribution in [0.2, 0.25) is 0 Å². The summed E-state index contributed by atoms with van der Waals surface area (Å²) in [5, 5.41) is 3.50. The summed E-state index contributed by atoms with van der Waals surface area (Å²) in [6.45, 7) is 15.8. The van der Waals surface area contributed by atoms with Crippen LogP contribution in [0.3, 0.4) is 0 Å². The normalized spacial score (nSPS) is 20.0. The Morgan fingerprint density at radius 1 is 0.973 bits per heavy atom. The molecule has 4 heteroatoms. The van der Waals surface area contributed by atoms with Crippen LogP contribution in [0.25, 0.3) is 0 Å². The highest BCUT2D eigenvalue weighted by molar-refractivity contribution is 5.49. The quantitative estimate of drug-likeness (QED) is 0.302. The molecule has 0 fully saturated rings. The van der Waals surface area contributed by atoms with E-state index in [2.05, 4.69) is 94.2 Å². The topological polar surface area (TPSA) is 41.3 Å². The zero-order chi connectivity index (χ0) is 27.4. The molecule has 1 aliphatic carbocycles. The van der Waals surface area contributed by atoms with E-state index in [1.54, 1.807) is 13.0 Å². The molecule has 4 unspecified atom stereocenters. The van der Waals surface area contributed by atoms with E-state index in [9.17, 15) is 4.39 Å². The van der Waals surface area contributed by atoms with Crippen LogP contribution in [0.1, 0.15) is 90.7 Å². The molecule has 0 spiro atoms. The Morgan fingerprint density at radius 2 is 1.62 bits per heavy atom. The van der Waals surface area contributed by atoms with Crippen molar-refractivity contribution >= 4 is 5.69 Å². The van der Waals surface area contributed by atoms with Gasteiger partial charge in [-0.15, -0.1) is 0 Å². The lowest BCUT2D eigenvalue weighted by Gasteiger charge is -2.39. The summed E-state index contributed by atoms with van der Waals surface area (Å²) in [4.78, 5) is 2.26. The van der Waals surface area contributed by atoms with E-state index in [4.69, 9.17) is 5.73 Å². The molecule has 0 saturated carbocycles. The minimum atomic E-state index is -0.143. The number of aryl methyl sites for hydroxylation is 1. The molecule has 37 heavy (non-hydrogen) atoms. The molecule has 0 amide bonds. The molecule has 3 rings (SSSR count). The maximum Gasteiger partial charge on any atom is 0.128 e. The van der Waals surface area contributed by atoms with Gasteiger partial charge in [-0.1, -0.05) is 89.1 Å². The van der Waals surface area contributed by atoms with Crippen LogP contribution < -0.4 is 16.0 Å². The van der Waals surface area contributed by atoms with Gasteiger partial charge < -0.3 is 16.0 Å². The van der Waals surface area contributed by atoms with Crippen LogP contribution in [0.5, 0.6) is 0 Å². The molecule has 3 N–H and O–H groups in total. The minimum absolute atomic E-state index is 0.110. The van der Waals surface area contributed by atoms with E-state index in [1.807, 2.05) is 12.1 Å². The van der Waals surface area contributed by atoms with Crippen molar-refractivity contribution < 1.29 is 4.39 Å². The van der Waals surface area contributed by atoms with Crippen molar-refractivity contribution in [2.24, 2.45) is 11.7 Å². The Kier molecular flexibility index (Phi) is 13.4. The summed E-state index contributed by atoms with van der Waals surface area (Å²) < 4.78 is 13.9. The van der Waals surface area contributed by atoms with Gasteiger partial charge in [-0.3, -0.25) is 0 Å². The molecule has 4 atom stereocenters. The Labute approximate surface area is 226 Å². The third-order valence-corrected chi connectivity index (χ3v) is 7.58. The molecule has 0 aliphatic heterocycles. The van der Waals surface area contributed by atoms with Gasteiger partial charge in [-0.25, -0.2) is 4.39 Å². The summed E-state index contributed by atoms with van der Waals surface area (Å²) in [5.74, 6) is 1.01. The monoisotopic (exact) mass is 509 g/mol. The van der Waals surface area contributed by atoms with Gasteiger partial charge in [0.25, 0.3) is 0 Å². The second-order valence-corrected chi connectivity index (χ2v) is 10.9. The fourth-order valence-electron chi connectivity index (χ4n) is 5.46. The first kappa shape index (κ1) is 31.1. The van der Waals surface area contributed by atoms with Crippen LogP contribution >= 0.6 is 0 Å². The van der Waals surface area contributed by atoms with Crippen LogP contribution in [-0.4, -0.2) is 30.7 Å². The van der Waals surface area contributed by atoms with E-state index in [0.29, 0.717) is 17.5 Å². The highest BCUT2D eigenvalue weighted by Gasteiger charge is 2.29. The van der Waals surface area contributed by atoms with Crippen molar-refractivity contribution in [3.63, 3.8) is 0 Å². The number of nitrogens with one attached hydrogen (secondary N) is 1. The second kappa shape index (κ2) is 15.9. The van der Waals surface area contributed by atoms with E-state index in [0.717, 1.165) is 24.6 Å². The average molecular weight is 510 g/mol. The van der Waals surface area contributed by atoms with E-state index in [1.165, 1.54) is 31.2 Å². The van der Waals surface area contributed by atoms with Crippen LogP contribution in [0, 0.1) is 18.7 Å². The Morgan fingerprint density at radius 3 is 2.14 bits per heavy atom. The van der Waals surface area contributed by atoms with Crippen LogP contribution in [0.4, 0.5) is 10.1 Å². The molecule has 2 aromatic carbocycles. The molecule has 0 heterocycles. The highest BCUT2D eigenvalue weighted by Crippen LogP contribution is 2.29. The van der Waals surface area contributed by atoms with E-state index >= 15 is 0 Å². The van der Waals surface area contributed by atoms with Gasteiger partial charge in [-0.05, 0) is 75.1 Å². The molecule has 0 bridgehead atoms. The predicted molar refractivity (Wildman–Crippen MR) is 160 cm³/mol. The third kappa shape index (κ3) is 9.57. The van der Waals surface area contributed by atoms with Crippen molar-refractivity contribution in [1.29, 1.82) is 0 Å². The third-order valence-electron chi connectivity index (χ3n) is 7.58. The lowest BCUT2D eigenvalue weighted by atomic mass is 9.84. The SMILES string of the molecule is CCCC(CCC)c1ccccc1.CCN(c1ccc(C)c(F)c1)C(C)C1C=CC(NC(C)C)C(N)C1. The Hall–Kier alpha value is -2.17. The van der Waals surface area contributed by atoms with Gasteiger partial charge in [0, 0.05) is 36.4 Å². The summed E-state index contributed by atoms with van der Waals surface area (Å²) in [5.41, 5.74) is 9.53. The van der Waals surface area contributed by atoms with Crippen LogP contribution in [-0.2, 0) is 0 Å². The molecule has 3 nitrogen and oxygen atoms in total. The summed E-state index contributed by atoms with van der Waals surface area (Å²) in [6.07, 6.45) is 10.7. The second-order valence-electron chi connectivity index (χ2n) is 10.9. The van der Waals surface area contributed by atoms with E-state index < -0.39 is 0 Å². The van der Waals surface area contributed by atoms with Gasteiger partial charge in [0.05, 0.1) is 0 Å². The predicted octanol–water partition coefficient (Wildman–Crippen LogP) is 7.99. The van der Waals surface area contributed by atoms with Crippen molar-refractivity contribution in [2.45, 2.75) is 111 Å². The number of nitrogens with two attached hydrogens (primary N) is 1. The lowest BCUT2D eigenvalue weighted by molar-refractivity contribution is 0.351. The molecular formula is C33H52FN3. The summed E-state index contributed by atoms with van der Waals surface area (Å²) >= 11 is 0. The van der Waals surface area contributed by atoms with Crippen LogP contribution in [0.15, 0.2) is 60.7 Å². The molecule has 0 saturated heterocycles. The first-order chi connectivity index (χ1) is 17.7. The highest BCUT2D eigenvalue weighted by atomic mass is 19.1. The maximum absolute atomic E-state index is 13.9. The van der Waals surface area contributed by atoms with Crippen molar-refractivity contribution in [2.75, 3.05) is 11.4 Å². The Balaban J connectivity index is 0.000000312. The number of hydrogen-bond acceptors (Lipinski definition) is 3. The molecule has 206 valence electrons. The summed E-state index contributed by atoms with van der Waals surface area (Å²) in [7, 11) is 0. The van der Waals surface area contributed by atoms with Crippen molar-refractivity contribution in [3.8, 4) is 0 Å². The Bertz CT molecular complexity index is 920. The molecule has 0 aromatic heterocycles.